The van der Waals surface area contributed by atoms with Gasteiger partial charge < -0.3 is 4.74 Å². The molecule has 0 unspecified atom stereocenters. The summed E-state index contributed by atoms with van der Waals surface area (Å²) in [6.07, 6.45) is 0. The van der Waals surface area contributed by atoms with Gasteiger partial charge in [-0.25, -0.2) is 0 Å². The number of rotatable bonds is 3. The molecule has 0 bridgehead atoms. The molecule has 2 aromatic carbocycles. The van der Waals surface area contributed by atoms with Gasteiger partial charge in [-0.1, -0.05) is 11.6 Å². The summed E-state index contributed by atoms with van der Waals surface area (Å²) in [4.78, 5) is 10.3. The van der Waals surface area contributed by atoms with E-state index in [-0.39, 0.29) is 5.69 Å². The average Bonchev–Trinajstić information content (AvgIpc) is 2.32. The normalized spacial score (nSPS) is 10.1. The van der Waals surface area contributed by atoms with E-state index in [0.717, 1.165) is 0 Å². The number of aryl methyl sites for hydroxylation is 1. The molecular weight excluding hydrogens is 254 g/mol. The van der Waals surface area contributed by atoms with Crippen LogP contribution in [-0.4, -0.2) is 4.92 Å². The highest BCUT2D eigenvalue weighted by molar-refractivity contribution is 6.30. The molecule has 2 rings (SSSR count). The summed E-state index contributed by atoms with van der Waals surface area (Å²) < 4.78 is 5.57. The summed E-state index contributed by atoms with van der Waals surface area (Å²) in [5.74, 6) is 1.19. The maximum absolute atomic E-state index is 10.7. The molecule has 0 aliphatic rings. The number of nitro benzene ring substituents is 1. The van der Waals surface area contributed by atoms with E-state index in [1.54, 1.807) is 43.3 Å². The van der Waals surface area contributed by atoms with Crippen molar-refractivity contribution in [1.29, 1.82) is 0 Å². The summed E-state index contributed by atoms with van der Waals surface area (Å²) in [6.45, 7) is 1.67. The van der Waals surface area contributed by atoms with Gasteiger partial charge in [-0.3, -0.25) is 10.1 Å². The third-order valence-corrected chi connectivity index (χ3v) is 2.67. The van der Waals surface area contributed by atoms with E-state index in [4.69, 9.17) is 16.3 Å². The topological polar surface area (TPSA) is 52.4 Å². The Morgan fingerprint density at radius 1 is 1.11 bits per heavy atom. The lowest BCUT2D eigenvalue weighted by molar-refractivity contribution is -0.385. The second-order valence-corrected chi connectivity index (χ2v) is 4.20. The molecule has 5 heteroatoms. The van der Waals surface area contributed by atoms with Crippen LogP contribution in [0.25, 0.3) is 0 Å². The SMILES string of the molecule is Cc1cc(Oc2ccc(Cl)cc2)ccc1[N+](=O)[O-]. The van der Waals surface area contributed by atoms with Gasteiger partial charge in [0.1, 0.15) is 11.5 Å². The predicted octanol–water partition coefficient (Wildman–Crippen LogP) is 4.35. The van der Waals surface area contributed by atoms with Crippen LogP contribution in [-0.2, 0) is 0 Å². The molecule has 2 aromatic rings. The molecule has 0 amide bonds. The minimum absolute atomic E-state index is 0.0819. The van der Waals surface area contributed by atoms with Gasteiger partial charge in [0.15, 0.2) is 0 Å². The second-order valence-electron chi connectivity index (χ2n) is 3.76. The summed E-state index contributed by atoms with van der Waals surface area (Å²) in [5, 5.41) is 11.3. The van der Waals surface area contributed by atoms with Crippen LogP contribution in [0.3, 0.4) is 0 Å². The van der Waals surface area contributed by atoms with Crippen LogP contribution >= 0.6 is 11.6 Å². The Hall–Kier alpha value is -2.07. The van der Waals surface area contributed by atoms with Crippen molar-refractivity contribution < 1.29 is 9.66 Å². The van der Waals surface area contributed by atoms with Crippen LogP contribution in [0, 0.1) is 17.0 Å². The maximum atomic E-state index is 10.7. The van der Waals surface area contributed by atoms with Crippen molar-refractivity contribution in [3.8, 4) is 11.5 Å². The monoisotopic (exact) mass is 263 g/mol. The standard InChI is InChI=1S/C13H10ClNO3/c1-9-8-12(6-7-13(9)15(16)17)18-11-4-2-10(14)3-5-11/h2-8H,1H3. The van der Waals surface area contributed by atoms with Crippen molar-refractivity contribution in [2.45, 2.75) is 6.92 Å². The van der Waals surface area contributed by atoms with Gasteiger partial charge in [0, 0.05) is 16.7 Å². The Bertz CT molecular complexity index is 581. The molecule has 0 aromatic heterocycles. The zero-order valence-corrected chi connectivity index (χ0v) is 10.3. The minimum Gasteiger partial charge on any atom is -0.457 e. The fourth-order valence-corrected chi connectivity index (χ4v) is 1.66. The molecule has 0 aliphatic heterocycles. The number of halogens is 1. The predicted molar refractivity (Wildman–Crippen MR) is 69.4 cm³/mol. The molecule has 0 spiro atoms. The molecule has 0 aliphatic carbocycles. The third-order valence-electron chi connectivity index (χ3n) is 2.41. The smallest absolute Gasteiger partial charge is 0.272 e. The number of nitrogens with zero attached hydrogens (tertiary/aromatic N) is 1. The van der Waals surface area contributed by atoms with Crippen molar-refractivity contribution in [3.63, 3.8) is 0 Å². The lowest BCUT2D eigenvalue weighted by Crippen LogP contribution is -1.92. The van der Waals surface area contributed by atoms with Crippen molar-refractivity contribution >= 4 is 17.3 Å². The number of ether oxygens (including phenoxy) is 1. The van der Waals surface area contributed by atoms with Crippen molar-refractivity contribution in [2.75, 3.05) is 0 Å². The fraction of sp³-hybridized carbons (Fsp3) is 0.0769. The number of benzene rings is 2. The van der Waals surface area contributed by atoms with E-state index in [1.165, 1.54) is 6.07 Å². The first-order valence-electron chi connectivity index (χ1n) is 5.25. The Morgan fingerprint density at radius 2 is 1.72 bits per heavy atom. The summed E-state index contributed by atoms with van der Waals surface area (Å²) in [6, 6.07) is 11.5. The van der Waals surface area contributed by atoms with Crippen LogP contribution in [0.15, 0.2) is 42.5 Å². The summed E-state index contributed by atoms with van der Waals surface area (Å²) >= 11 is 5.76. The van der Waals surface area contributed by atoms with Crippen LogP contribution in [0.4, 0.5) is 5.69 Å². The van der Waals surface area contributed by atoms with E-state index in [1.807, 2.05) is 0 Å². The van der Waals surface area contributed by atoms with Gasteiger partial charge in [-0.05, 0) is 43.3 Å². The lowest BCUT2D eigenvalue weighted by Gasteiger charge is -2.06. The van der Waals surface area contributed by atoms with Crippen molar-refractivity contribution in [1.82, 2.24) is 0 Å². The van der Waals surface area contributed by atoms with Gasteiger partial charge in [-0.15, -0.1) is 0 Å². The molecule has 0 saturated carbocycles. The van der Waals surface area contributed by atoms with Crippen LogP contribution in [0.1, 0.15) is 5.56 Å². The average molecular weight is 264 g/mol. The van der Waals surface area contributed by atoms with E-state index in [0.29, 0.717) is 22.1 Å². The maximum Gasteiger partial charge on any atom is 0.272 e. The van der Waals surface area contributed by atoms with Crippen LogP contribution in [0.2, 0.25) is 5.02 Å². The molecule has 18 heavy (non-hydrogen) atoms. The Morgan fingerprint density at radius 3 is 2.28 bits per heavy atom. The number of hydrogen-bond donors (Lipinski definition) is 0. The highest BCUT2D eigenvalue weighted by Gasteiger charge is 2.10. The zero-order valence-electron chi connectivity index (χ0n) is 9.59. The molecule has 0 radical (unpaired) electrons. The first kappa shape index (κ1) is 12.4. The summed E-state index contributed by atoms with van der Waals surface area (Å²) in [7, 11) is 0. The van der Waals surface area contributed by atoms with Crippen molar-refractivity contribution in [3.05, 3.63) is 63.2 Å². The number of nitro groups is 1. The van der Waals surface area contributed by atoms with E-state index in [2.05, 4.69) is 0 Å². The van der Waals surface area contributed by atoms with Crippen LogP contribution < -0.4 is 4.74 Å². The summed E-state index contributed by atoms with van der Waals surface area (Å²) in [5.41, 5.74) is 0.643. The first-order chi connectivity index (χ1) is 8.56. The van der Waals surface area contributed by atoms with E-state index < -0.39 is 4.92 Å². The molecule has 0 saturated heterocycles. The minimum atomic E-state index is -0.415. The first-order valence-corrected chi connectivity index (χ1v) is 5.62. The largest absolute Gasteiger partial charge is 0.457 e. The van der Waals surface area contributed by atoms with E-state index in [9.17, 15) is 10.1 Å². The molecule has 0 fully saturated rings. The second kappa shape index (κ2) is 5.06. The third kappa shape index (κ3) is 2.78. The van der Waals surface area contributed by atoms with Gasteiger partial charge in [0.25, 0.3) is 5.69 Å². The van der Waals surface area contributed by atoms with Gasteiger partial charge in [-0.2, -0.15) is 0 Å². The lowest BCUT2D eigenvalue weighted by atomic mass is 10.2. The Kier molecular flexibility index (Phi) is 3.48. The quantitative estimate of drug-likeness (QED) is 0.611. The Labute approximate surface area is 109 Å². The molecule has 0 N–H and O–H groups in total. The van der Waals surface area contributed by atoms with Crippen molar-refractivity contribution in [2.24, 2.45) is 0 Å². The highest BCUT2D eigenvalue weighted by atomic mass is 35.5. The molecule has 92 valence electrons. The molecular formula is C13H10ClNO3. The van der Waals surface area contributed by atoms with Gasteiger partial charge in [0.05, 0.1) is 4.92 Å². The highest BCUT2D eigenvalue weighted by Crippen LogP contribution is 2.27. The van der Waals surface area contributed by atoms with Gasteiger partial charge in [0.2, 0.25) is 0 Å². The molecule has 0 heterocycles. The number of hydrogen-bond acceptors (Lipinski definition) is 3. The van der Waals surface area contributed by atoms with E-state index >= 15 is 0 Å². The van der Waals surface area contributed by atoms with Crippen LogP contribution in [0.5, 0.6) is 11.5 Å². The molecule has 0 atom stereocenters. The zero-order chi connectivity index (χ0) is 13.1. The Balaban J connectivity index is 2.22. The molecule has 4 nitrogen and oxygen atoms in total. The fourth-order valence-electron chi connectivity index (χ4n) is 1.54. The van der Waals surface area contributed by atoms with Gasteiger partial charge >= 0.3 is 0 Å².